The molecule has 1 aromatic carbocycles. The Morgan fingerprint density at radius 1 is 0.970 bits per heavy atom. The van der Waals surface area contributed by atoms with Crippen LogP contribution in [0.4, 0.5) is 5.69 Å². The Hall–Kier alpha value is -2.45. The van der Waals surface area contributed by atoms with Crippen molar-refractivity contribution in [2.24, 2.45) is 5.73 Å². The minimum absolute atomic E-state index is 0.00709. The molecular formula is C25H42N4O4. The van der Waals surface area contributed by atoms with Gasteiger partial charge in [0.05, 0.1) is 13.2 Å². The van der Waals surface area contributed by atoms with Crippen molar-refractivity contribution in [3.8, 4) is 0 Å². The molecule has 0 aliphatic heterocycles. The second-order valence-corrected chi connectivity index (χ2v) is 8.54. The highest BCUT2D eigenvalue weighted by molar-refractivity contribution is 5.90. The smallest absolute Gasteiger partial charge is 0.305 e. The fourth-order valence-electron chi connectivity index (χ4n) is 3.54. The molecule has 1 atom stereocenters. The number of nitrogens with one attached hydrogen (secondary N) is 2. The Morgan fingerprint density at radius 3 is 2.24 bits per heavy atom. The number of esters is 1. The van der Waals surface area contributed by atoms with Crippen LogP contribution >= 0.6 is 0 Å². The molecule has 0 bridgehead atoms. The number of amides is 2. The highest BCUT2D eigenvalue weighted by Crippen LogP contribution is 2.12. The molecule has 0 aromatic heterocycles. The van der Waals surface area contributed by atoms with E-state index >= 15 is 0 Å². The molecule has 0 unspecified atom stereocenters. The molecule has 4 N–H and O–H groups in total. The van der Waals surface area contributed by atoms with E-state index < -0.39 is 0 Å². The normalized spacial score (nSPS) is 11.8. The number of carbonyl (C=O) groups is 3. The second-order valence-electron chi connectivity index (χ2n) is 8.54. The molecule has 33 heavy (non-hydrogen) atoms. The first-order valence-electron chi connectivity index (χ1n) is 12.0. The Bertz CT molecular complexity index is 707. The quantitative estimate of drug-likeness (QED) is 0.242. The molecule has 1 rings (SSSR count). The average Bonchev–Trinajstić information content (AvgIpc) is 2.79. The first-order valence-corrected chi connectivity index (χ1v) is 12.0. The molecule has 2 amide bonds. The van der Waals surface area contributed by atoms with Crippen molar-refractivity contribution in [3.63, 3.8) is 0 Å². The van der Waals surface area contributed by atoms with Crippen molar-refractivity contribution in [3.05, 3.63) is 29.8 Å². The Labute approximate surface area is 198 Å². The number of benzene rings is 1. The summed E-state index contributed by atoms with van der Waals surface area (Å²) in [4.78, 5) is 37.6. The van der Waals surface area contributed by atoms with Gasteiger partial charge in [-0.1, -0.05) is 31.4 Å². The third-order valence-electron chi connectivity index (χ3n) is 5.57. The molecule has 0 aliphatic carbocycles. The molecule has 0 fully saturated rings. The van der Waals surface area contributed by atoms with Crippen molar-refractivity contribution in [1.82, 2.24) is 10.2 Å². The van der Waals surface area contributed by atoms with Gasteiger partial charge in [-0.15, -0.1) is 0 Å². The van der Waals surface area contributed by atoms with Crippen molar-refractivity contribution >= 4 is 23.5 Å². The predicted molar refractivity (Wildman–Crippen MR) is 132 cm³/mol. The number of likely N-dealkylation sites (N-methyl/N-ethyl adjacent to an activating group) is 1. The molecule has 0 saturated carbocycles. The van der Waals surface area contributed by atoms with Crippen LogP contribution in [0.1, 0.15) is 63.4 Å². The minimum atomic E-state index is -0.186. The number of hydrogen-bond donors (Lipinski definition) is 3. The lowest BCUT2D eigenvalue weighted by molar-refractivity contribution is -0.140. The summed E-state index contributed by atoms with van der Waals surface area (Å²) < 4.78 is 4.61. The molecule has 0 spiro atoms. The van der Waals surface area contributed by atoms with Gasteiger partial charge in [0.1, 0.15) is 0 Å². The van der Waals surface area contributed by atoms with Gasteiger partial charge in [0, 0.05) is 25.1 Å². The monoisotopic (exact) mass is 462 g/mol. The summed E-state index contributed by atoms with van der Waals surface area (Å²) in [5, 5.41) is 5.94. The number of carbonyl (C=O) groups excluding carboxylic acids is 3. The van der Waals surface area contributed by atoms with Gasteiger partial charge in [-0.25, -0.2) is 0 Å². The first-order chi connectivity index (χ1) is 15.9. The van der Waals surface area contributed by atoms with Crippen LogP contribution in [0.2, 0.25) is 0 Å². The maximum absolute atomic E-state index is 12.5. The highest BCUT2D eigenvalue weighted by atomic mass is 16.5. The maximum atomic E-state index is 12.5. The zero-order valence-electron chi connectivity index (χ0n) is 20.5. The number of rotatable bonds is 17. The Balaban J connectivity index is 2.28. The number of methoxy groups -OCH3 is 1. The number of nitrogens with zero attached hydrogens (tertiary/aromatic N) is 1. The van der Waals surface area contributed by atoms with Crippen LogP contribution in [0.25, 0.3) is 0 Å². The number of nitrogens with two attached hydrogens (primary N) is 1. The van der Waals surface area contributed by atoms with E-state index in [1.54, 1.807) is 0 Å². The summed E-state index contributed by atoms with van der Waals surface area (Å²) in [6.07, 6.45) is 7.71. The largest absolute Gasteiger partial charge is 0.469 e. The summed E-state index contributed by atoms with van der Waals surface area (Å²) >= 11 is 0. The summed E-state index contributed by atoms with van der Waals surface area (Å²) in [6.45, 7) is 1.22. The van der Waals surface area contributed by atoms with Crippen molar-refractivity contribution in [2.45, 2.75) is 70.3 Å². The predicted octanol–water partition coefficient (Wildman–Crippen LogP) is 2.86. The van der Waals surface area contributed by atoms with Crippen LogP contribution in [0.5, 0.6) is 0 Å². The third-order valence-corrected chi connectivity index (χ3v) is 5.57. The lowest BCUT2D eigenvalue weighted by Gasteiger charge is -2.23. The van der Waals surface area contributed by atoms with Gasteiger partial charge >= 0.3 is 5.97 Å². The molecule has 0 aliphatic rings. The van der Waals surface area contributed by atoms with E-state index in [4.69, 9.17) is 5.73 Å². The second kappa shape index (κ2) is 17.1. The highest BCUT2D eigenvalue weighted by Gasteiger charge is 2.19. The van der Waals surface area contributed by atoms with Crippen LogP contribution < -0.4 is 16.4 Å². The molecule has 0 saturated heterocycles. The zero-order chi connectivity index (χ0) is 24.5. The summed E-state index contributed by atoms with van der Waals surface area (Å²) in [5.74, 6) is -0.145. The van der Waals surface area contributed by atoms with Crippen molar-refractivity contribution in [1.29, 1.82) is 0 Å². The van der Waals surface area contributed by atoms with Gasteiger partial charge in [0.2, 0.25) is 11.8 Å². The van der Waals surface area contributed by atoms with Gasteiger partial charge in [-0.05, 0) is 70.4 Å². The Kier molecular flexibility index (Phi) is 14.8. The fraction of sp³-hybridized carbons (Fsp3) is 0.640. The number of hydrogen-bond acceptors (Lipinski definition) is 6. The summed E-state index contributed by atoms with van der Waals surface area (Å²) in [6, 6.07) is 7.59. The van der Waals surface area contributed by atoms with Gasteiger partial charge in [0.15, 0.2) is 0 Å². The van der Waals surface area contributed by atoms with Crippen LogP contribution in [-0.2, 0) is 25.5 Å². The number of ether oxygens (including phenoxy) is 1. The lowest BCUT2D eigenvalue weighted by Crippen LogP contribution is -2.44. The van der Waals surface area contributed by atoms with Crippen LogP contribution in [0.3, 0.4) is 0 Å². The SMILES string of the molecule is COC(=O)CCCCCCC(=O)Nc1ccc(CCNC(=O)[C@H](CCCCN)N(C)C)cc1. The van der Waals surface area contributed by atoms with E-state index in [0.29, 0.717) is 25.9 Å². The average molecular weight is 463 g/mol. The topological polar surface area (TPSA) is 114 Å². The van der Waals surface area contributed by atoms with E-state index in [9.17, 15) is 14.4 Å². The standard InChI is InChI=1S/C25H42N4O4/c1-29(2)22(10-8-9-18-26)25(32)27-19-17-20-13-15-21(16-14-20)28-23(30)11-6-4-5-7-12-24(31)33-3/h13-16,22H,4-12,17-19,26H2,1-3H3,(H,27,32)(H,28,30)/t22-/m0/s1. The molecule has 1 aromatic rings. The summed E-state index contributed by atoms with van der Waals surface area (Å²) in [5.41, 5.74) is 7.42. The zero-order valence-corrected chi connectivity index (χ0v) is 20.5. The Morgan fingerprint density at radius 2 is 1.64 bits per heavy atom. The summed E-state index contributed by atoms with van der Waals surface area (Å²) in [7, 11) is 5.24. The van der Waals surface area contributed by atoms with Crippen molar-refractivity contribution in [2.75, 3.05) is 39.6 Å². The molecule has 0 heterocycles. The van der Waals surface area contributed by atoms with Gasteiger partial charge in [-0.3, -0.25) is 19.3 Å². The first kappa shape index (κ1) is 28.6. The van der Waals surface area contributed by atoms with E-state index in [0.717, 1.165) is 62.6 Å². The van der Waals surface area contributed by atoms with Gasteiger partial charge < -0.3 is 21.1 Å². The molecule has 8 nitrogen and oxygen atoms in total. The van der Waals surface area contributed by atoms with Crippen molar-refractivity contribution < 1.29 is 19.1 Å². The van der Waals surface area contributed by atoms with Crippen LogP contribution in [0.15, 0.2) is 24.3 Å². The molecular weight excluding hydrogens is 420 g/mol. The number of anilines is 1. The maximum Gasteiger partial charge on any atom is 0.305 e. The fourth-order valence-corrected chi connectivity index (χ4v) is 3.54. The van der Waals surface area contributed by atoms with Gasteiger partial charge in [-0.2, -0.15) is 0 Å². The van der Waals surface area contributed by atoms with E-state index in [1.807, 2.05) is 43.3 Å². The lowest BCUT2D eigenvalue weighted by atomic mass is 10.1. The number of unbranched alkanes of at least 4 members (excludes halogenated alkanes) is 4. The van der Waals surface area contributed by atoms with Crippen LogP contribution in [-0.4, -0.2) is 63.0 Å². The molecule has 0 radical (unpaired) electrons. The van der Waals surface area contributed by atoms with Gasteiger partial charge in [0.25, 0.3) is 0 Å². The molecule has 186 valence electrons. The molecule has 8 heteroatoms. The van der Waals surface area contributed by atoms with Crippen LogP contribution in [0, 0.1) is 0 Å². The van der Waals surface area contributed by atoms with E-state index in [2.05, 4.69) is 15.4 Å². The van der Waals surface area contributed by atoms with E-state index in [-0.39, 0.29) is 23.8 Å². The van der Waals surface area contributed by atoms with E-state index in [1.165, 1.54) is 7.11 Å². The third kappa shape index (κ3) is 13.0. The minimum Gasteiger partial charge on any atom is -0.469 e.